The van der Waals surface area contributed by atoms with Crippen molar-refractivity contribution in [2.45, 2.75) is 65.6 Å². The van der Waals surface area contributed by atoms with Crippen LogP contribution in [0.15, 0.2) is 82.1 Å². The Morgan fingerprint density at radius 3 is 1.74 bits per heavy atom. The number of nitrogens with zero attached hydrogens (tertiary/aromatic N) is 7. The number of carboxylic acid groups (broad SMARTS) is 2. The number of aryl methyl sites for hydroxylation is 3. The number of aromatic nitrogens is 6. The van der Waals surface area contributed by atoms with Gasteiger partial charge in [-0.05, 0) is 112 Å². The molecule has 8 rings (SSSR count). The van der Waals surface area contributed by atoms with Gasteiger partial charge in [0, 0.05) is 65.3 Å². The van der Waals surface area contributed by atoms with Gasteiger partial charge in [-0.15, -0.1) is 0 Å². The Morgan fingerprint density at radius 2 is 1.23 bits per heavy atom. The van der Waals surface area contributed by atoms with E-state index in [-0.39, 0.29) is 61.3 Å². The second-order valence-corrected chi connectivity index (χ2v) is 15.4. The average Bonchev–Trinajstić information content (AvgIpc) is 4.09. The molecule has 0 saturated carbocycles. The number of H-pyrrole nitrogens is 1. The summed E-state index contributed by atoms with van der Waals surface area (Å²) in [5.41, 5.74) is 5.18. The number of carboxylic acids is 2. The Balaban J connectivity index is 0.000000194. The van der Waals surface area contributed by atoms with Gasteiger partial charge in [0.2, 0.25) is 11.6 Å². The smallest absolute Gasteiger partial charge is 0.303 e. The number of fused-ring (bicyclic) bond motifs is 2. The van der Waals surface area contributed by atoms with E-state index in [4.69, 9.17) is 28.7 Å². The van der Waals surface area contributed by atoms with Gasteiger partial charge >= 0.3 is 11.9 Å². The summed E-state index contributed by atoms with van der Waals surface area (Å²) >= 11 is 0. The van der Waals surface area contributed by atoms with Gasteiger partial charge in [-0.25, -0.2) is 8.78 Å². The first-order valence-electron chi connectivity index (χ1n) is 20.2. The Labute approximate surface area is 369 Å². The third-order valence-electron chi connectivity index (χ3n) is 9.93. The highest BCUT2D eigenvalue weighted by molar-refractivity contribution is 5.96. The van der Waals surface area contributed by atoms with E-state index in [1.165, 1.54) is 24.3 Å². The van der Waals surface area contributed by atoms with Crippen molar-refractivity contribution in [1.82, 2.24) is 29.8 Å². The lowest BCUT2D eigenvalue weighted by Crippen LogP contribution is -2.06. The van der Waals surface area contributed by atoms with E-state index < -0.39 is 23.6 Å². The molecule has 18 heteroatoms. The van der Waals surface area contributed by atoms with Crippen LogP contribution in [0.5, 0.6) is 11.5 Å². The number of benzene rings is 4. The summed E-state index contributed by atoms with van der Waals surface area (Å²) in [5, 5.41) is 46.0. The molecule has 16 nitrogen and oxygen atoms in total. The van der Waals surface area contributed by atoms with Crippen LogP contribution in [0, 0.1) is 34.3 Å². The summed E-state index contributed by atoms with van der Waals surface area (Å²) in [6.45, 7) is 7.48. The first-order valence-corrected chi connectivity index (χ1v) is 20.2. The summed E-state index contributed by atoms with van der Waals surface area (Å²) < 4.78 is 52.7. The van der Waals surface area contributed by atoms with Crippen molar-refractivity contribution in [1.29, 1.82) is 10.5 Å². The van der Waals surface area contributed by atoms with Crippen molar-refractivity contribution < 1.29 is 47.1 Å². The van der Waals surface area contributed by atoms with Crippen molar-refractivity contribution in [3.05, 3.63) is 107 Å². The van der Waals surface area contributed by atoms with E-state index in [1.54, 1.807) is 60.4 Å². The number of nitrogens with one attached hydrogen (secondary N) is 1. The molecule has 0 atom stereocenters. The summed E-state index contributed by atoms with van der Waals surface area (Å²) in [7, 11) is 1.79. The molecule has 0 aliphatic carbocycles. The zero-order chi connectivity index (χ0) is 46.5. The predicted octanol–water partition coefficient (Wildman–Crippen LogP) is 9.41. The second-order valence-electron chi connectivity index (χ2n) is 15.4. The van der Waals surface area contributed by atoms with Crippen LogP contribution >= 0.6 is 0 Å². The van der Waals surface area contributed by atoms with Crippen LogP contribution in [0.1, 0.15) is 62.8 Å². The van der Waals surface area contributed by atoms with Gasteiger partial charge in [0.1, 0.15) is 35.3 Å². The molecule has 4 heterocycles. The number of ether oxygens (including phenoxy) is 2. The molecule has 0 saturated heterocycles. The van der Waals surface area contributed by atoms with Crippen LogP contribution in [0.4, 0.5) is 8.78 Å². The minimum Gasteiger partial charge on any atom is -0.490 e. The molecule has 0 fully saturated rings. The van der Waals surface area contributed by atoms with Crippen molar-refractivity contribution in [2.24, 2.45) is 7.05 Å². The largest absolute Gasteiger partial charge is 0.490 e. The van der Waals surface area contributed by atoms with Crippen LogP contribution in [-0.2, 0) is 29.5 Å². The van der Waals surface area contributed by atoms with E-state index in [1.807, 2.05) is 27.7 Å². The molecule has 0 unspecified atom stereocenters. The van der Waals surface area contributed by atoms with Crippen LogP contribution < -0.4 is 9.47 Å². The average molecular weight is 883 g/mol. The summed E-state index contributed by atoms with van der Waals surface area (Å²) in [6, 6.07) is 19.5. The number of rotatable bonds is 14. The molecule has 330 valence electrons. The van der Waals surface area contributed by atoms with Crippen molar-refractivity contribution in [2.75, 3.05) is 0 Å². The summed E-state index contributed by atoms with van der Waals surface area (Å²) in [6.07, 6.45) is 3.68. The molecule has 0 aliphatic heterocycles. The Morgan fingerprint density at radius 1 is 0.738 bits per heavy atom. The fraction of sp³-hybridized carbons (Fsp3) is 0.234. The zero-order valence-corrected chi connectivity index (χ0v) is 35.6. The van der Waals surface area contributed by atoms with Gasteiger partial charge in [-0.1, -0.05) is 10.3 Å². The first-order chi connectivity index (χ1) is 31.1. The van der Waals surface area contributed by atoms with Gasteiger partial charge < -0.3 is 38.3 Å². The maximum atomic E-state index is 14.5. The monoisotopic (exact) mass is 882 g/mol. The number of aromatic amines is 1. The molecule has 0 amide bonds. The zero-order valence-electron chi connectivity index (χ0n) is 35.6. The minimum atomic E-state index is -0.930. The van der Waals surface area contributed by atoms with Crippen LogP contribution in [0.25, 0.3) is 67.5 Å². The SMILES string of the molecule is CC(C)Oc1ccc(-c2nc(-c3cc(F)cc4c(CCC(=O)O)c[nH]c34)no2)cc1C#N.CC(C)Oc1ccc(-c2nc(-c3cc(F)cc4c(CCC(=O)O)cn(C)c34)no2)cc1C#N. The summed E-state index contributed by atoms with van der Waals surface area (Å²) in [4.78, 5) is 33.8. The van der Waals surface area contributed by atoms with Crippen LogP contribution in [0.3, 0.4) is 0 Å². The standard InChI is InChI=1S/C24H21FN4O4.C23H19FN4O4/c1-13(2)32-20-6-4-14(8-16(20)11-26)24-27-23(28-33-24)19-10-17(25)9-18-15(5-7-21(30)31)12-29(3)22(18)19;1-12(2)31-19-5-3-13(7-15(19)10-25)23-27-22(28-32-23)18-9-16(24)8-17-14(4-6-20(29)30)11-26-21(17)18/h4,6,8-10,12-13H,5,7H2,1-3H3,(H,30,31);3,5,7-9,11-12,26H,4,6H2,1-2H3,(H,29,30). The molecule has 4 aromatic carbocycles. The minimum absolute atomic E-state index is 0.0605. The quantitative estimate of drug-likeness (QED) is 0.0922. The number of halogens is 2. The number of nitriles is 2. The third kappa shape index (κ3) is 9.97. The van der Waals surface area contributed by atoms with Crippen LogP contribution in [-0.4, -0.2) is 64.2 Å². The Bertz CT molecular complexity index is 3170. The molecular weight excluding hydrogens is 843 g/mol. The molecule has 3 N–H and O–H groups in total. The molecule has 65 heavy (non-hydrogen) atoms. The highest BCUT2D eigenvalue weighted by Crippen LogP contribution is 2.35. The topological polar surface area (TPSA) is 239 Å². The maximum absolute atomic E-state index is 14.5. The van der Waals surface area contributed by atoms with Crippen molar-refractivity contribution >= 4 is 33.7 Å². The van der Waals surface area contributed by atoms with Gasteiger partial charge in [0.15, 0.2) is 0 Å². The highest BCUT2D eigenvalue weighted by Gasteiger charge is 2.22. The molecule has 4 aromatic heterocycles. The molecule has 0 spiro atoms. The van der Waals surface area contributed by atoms with E-state index in [0.717, 1.165) is 5.56 Å². The normalized spacial score (nSPS) is 11.1. The van der Waals surface area contributed by atoms with Gasteiger partial charge in [-0.2, -0.15) is 20.5 Å². The summed E-state index contributed by atoms with van der Waals surface area (Å²) in [5.74, 6) is -1.24. The Hall–Kier alpha value is -8.38. The van der Waals surface area contributed by atoms with E-state index in [0.29, 0.717) is 72.2 Å². The van der Waals surface area contributed by atoms with Crippen molar-refractivity contribution in [3.63, 3.8) is 0 Å². The molecule has 0 aliphatic rings. The molecular formula is C47H40F2N8O8. The lowest BCUT2D eigenvalue weighted by molar-refractivity contribution is -0.138. The van der Waals surface area contributed by atoms with Crippen molar-refractivity contribution in [3.8, 4) is 69.3 Å². The second kappa shape index (κ2) is 18.9. The molecule has 0 bridgehead atoms. The number of aliphatic carboxylic acids is 2. The van der Waals surface area contributed by atoms with E-state index in [9.17, 15) is 28.9 Å². The highest BCUT2D eigenvalue weighted by atomic mass is 19.1. The molecule has 0 radical (unpaired) electrons. The maximum Gasteiger partial charge on any atom is 0.303 e. The number of hydrogen-bond acceptors (Lipinski definition) is 12. The van der Waals surface area contributed by atoms with Gasteiger partial charge in [0.25, 0.3) is 11.8 Å². The molecule has 8 aromatic rings. The van der Waals surface area contributed by atoms with Gasteiger partial charge in [0.05, 0.1) is 34.4 Å². The fourth-order valence-electron chi connectivity index (χ4n) is 7.20. The Kier molecular flexibility index (Phi) is 13.0. The third-order valence-corrected chi connectivity index (χ3v) is 9.93. The number of hydrogen-bond donors (Lipinski definition) is 3. The predicted molar refractivity (Wildman–Crippen MR) is 231 cm³/mol. The fourth-order valence-corrected chi connectivity index (χ4v) is 7.20. The lowest BCUT2D eigenvalue weighted by atomic mass is 10.0. The van der Waals surface area contributed by atoms with Gasteiger partial charge in [-0.3, -0.25) is 9.59 Å². The first kappa shape index (κ1) is 44.7. The number of carbonyl (C=O) groups is 2. The van der Waals surface area contributed by atoms with E-state index in [2.05, 4.69) is 37.4 Å². The van der Waals surface area contributed by atoms with Crippen LogP contribution in [0.2, 0.25) is 0 Å². The van der Waals surface area contributed by atoms with E-state index >= 15 is 0 Å². The lowest BCUT2D eigenvalue weighted by Gasteiger charge is -2.11.